The molecule has 0 amide bonds. The van der Waals surface area contributed by atoms with Crippen LogP contribution in [0.15, 0.2) is 27.7 Å². The van der Waals surface area contributed by atoms with Gasteiger partial charge in [0.15, 0.2) is 23.3 Å². The molecule has 8 nitrogen and oxygen atoms in total. The van der Waals surface area contributed by atoms with Gasteiger partial charge in [0, 0.05) is 38.0 Å². The van der Waals surface area contributed by atoms with E-state index in [1.54, 1.807) is 14.2 Å². The molecule has 2 aromatic rings. The van der Waals surface area contributed by atoms with Crippen LogP contribution in [0.1, 0.15) is 69.1 Å². The first-order valence-electron chi connectivity index (χ1n) is 11.2. The monoisotopic (exact) mass is 429 g/mol. The molecular weight excluding hydrogens is 394 g/mol. The van der Waals surface area contributed by atoms with E-state index in [2.05, 4.69) is 45.7 Å². The lowest BCUT2D eigenvalue weighted by molar-refractivity contribution is 0.198. The van der Waals surface area contributed by atoms with Crippen LogP contribution < -0.4 is 20.1 Å². The summed E-state index contributed by atoms with van der Waals surface area (Å²) < 4.78 is 17.2. The highest BCUT2D eigenvalue weighted by atomic mass is 16.5. The fraction of sp³-hybridized carbons (Fsp3) is 0.609. The fourth-order valence-corrected chi connectivity index (χ4v) is 3.62. The van der Waals surface area contributed by atoms with E-state index in [1.807, 2.05) is 12.1 Å². The summed E-state index contributed by atoms with van der Waals surface area (Å²) in [5.41, 5.74) is 1.06. The number of hydrogen-bond donors (Lipinski definition) is 2. The highest BCUT2D eigenvalue weighted by Gasteiger charge is 2.20. The Morgan fingerprint density at radius 3 is 2.74 bits per heavy atom. The molecule has 1 aromatic heterocycles. The zero-order valence-electron chi connectivity index (χ0n) is 19.1. The van der Waals surface area contributed by atoms with Crippen LogP contribution in [0.4, 0.5) is 0 Å². The minimum absolute atomic E-state index is 0.272. The van der Waals surface area contributed by atoms with E-state index < -0.39 is 0 Å². The lowest BCUT2D eigenvalue weighted by Crippen LogP contribution is -2.37. The Hall–Kier alpha value is -2.77. The van der Waals surface area contributed by atoms with Gasteiger partial charge < -0.3 is 24.6 Å². The second-order valence-electron chi connectivity index (χ2n) is 8.13. The second-order valence-corrected chi connectivity index (χ2v) is 8.13. The summed E-state index contributed by atoms with van der Waals surface area (Å²) in [6.07, 6.45) is 6.54. The van der Waals surface area contributed by atoms with Gasteiger partial charge in [-0.1, -0.05) is 31.1 Å². The van der Waals surface area contributed by atoms with Crippen molar-refractivity contribution < 1.29 is 14.0 Å². The molecule has 3 rings (SSSR count). The van der Waals surface area contributed by atoms with Crippen molar-refractivity contribution in [1.82, 2.24) is 20.8 Å². The molecule has 170 valence electrons. The van der Waals surface area contributed by atoms with Gasteiger partial charge in [-0.3, -0.25) is 4.99 Å². The molecule has 0 bridgehead atoms. The molecule has 0 saturated heterocycles. The van der Waals surface area contributed by atoms with Gasteiger partial charge in [-0.05, 0) is 38.2 Å². The first-order chi connectivity index (χ1) is 15.1. The molecule has 1 aliphatic carbocycles. The van der Waals surface area contributed by atoms with Crippen molar-refractivity contribution in [2.45, 2.75) is 70.9 Å². The number of ether oxygens (including phenoxy) is 2. The molecule has 0 spiro atoms. The first kappa shape index (κ1) is 22.9. The van der Waals surface area contributed by atoms with Crippen LogP contribution in [0.5, 0.6) is 11.5 Å². The van der Waals surface area contributed by atoms with Crippen molar-refractivity contribution in [3.05, 3.63) is 35.5 Å². The van der Waals surface area contributed by atoms with Crippen molar-refractivity contribution in [1.29, 1.82) is 0 Å². The Bertz CT molecular complexity index is 843. The van der Waals surface area contributed by atoms with E-state index in [9.17, 15) is 0 Å². The van der Waals surface area contributed by atoms with Crippen molar-refractivity contribution in [3.8, 4) is 11.5 Å². The number of aliphatic imine (C=N–C) groups is 1. The van der Waals surface area contributed by atoms with E-state index >= 15 is 0 Å². The van der Waals surface area contributed by atoms with Gasteiger partial charge in [-0.25, -0.2) is 0 Å². The van der Waals surface area contributed by atoms with Gasteiger partial charge in [0.25, 0.3) is 0 Å². The third-order valence-electron chi connectivity index (χ3n) is 5.40. The Labute approximate surface area is 184 Å². The Kier molecular flexibility index (Phi) is 8.55. The predicted octanol–water partition coefficient (Wildman–Crippen LogP) is 3.82. The maximum atomic E-state index is 6.31. The van der Waals surface area contributed by atoms with E-state index in [0.29, 0.717) is 12.4 Å². The van der Waals surface area contributed by atoms with Crippen molar-refractivity contribution in [3.63, 3.8) is 0 Å². The number of rotatable bonds is 10. The summed E-state index contributed by atoms with van der Waals surface area (Å²) in [6, 6.07) is 6.00. The summed E-state index contributed by atoms with van der Waals surface area (Å²) in [4.78, 5) is 8.73. The third kappa shape index (κ3) is 6.60. The quantitative estimate of drug-likeness (QED) is 0.337. The molecule has 1 aliphatic rings. The van der Waals surface area contributed by atoms with E-state index in [-0.39, 0.29) is 12.0 Å². The summed E-state index contributed by atoms with van der Waals surface area (Å²) in [6.45, 7) is 5.46. The number of benzene rings is 1. The van der Waals surface area contributed by atoms with E-state index in [1.165, 1.54) is 12.8 Å². The molecule has 1 saturated carbocycles. The number of nitrogens with zero attached hydrogens (tertiary/aromatic N) is 3. The van der Waals surface area contributed by atoms with Gasteiger partial charge in [-0.15, -0.1) is 0 Å². The molecule has 0 unspecified atom stereocenters. The van der Waals surface area contributed by atoms with Crippen molar-refractivity contribution >= 4 is 5.96 Å². The molecule has 0 atom stereocenters. The number of guanidine groups is 1. The highest BCUT2D eigenvalue weighted by molar-refractivity contribution is 5.79. The van der Waals surface area contributed by atoms with Gasteiger partial charge in [0.2, 0.25) is 5.89 Å². The molecule has 8 heteroatoms. The Balaban J connectivity index is 1.49. The zero-order chi connectivity index (χ0) is 22.1. The summed E-state index contributed by atoms with van der Waals surface area (Å²) in [5.74, 6) is 4.06. The fourth-order valence-electron chi connectivity index (χ4n) is 3.62. The first-order valence-corrected chi connectivity index (χ1v) is 11.2. The maximum absolute atomic E-state index is 6.31. The summed E-state index contributed by atoms with van der Waals surface area (Å²) in [7, 11) is 3.45. The largest absolute Gasteiger partial charge is 0.493 e. The molecule has 1 aromatic carbocycles. The number of methoxy groups -OCH3 is 1. The maximum Gasteiger partial charge on any atom is 0.226 e. The van der Waals surface area contributed by atoms with Crippen LogP contribution in [-0.4, -0.2) is 42.9 Å². The van der Waals surface area contributed by atoms with Gasteiger partial charge in [0.1, 0.15) is 0 Å². The molecule has 0 radical (unpaired) electrons. The van der Waals surface area contributed by atoms with Crippen molar-refractivity contribution in [2.24, 2.45) is 4.99 Å². The van der Waals surface area contributed by atoms with Gasteiger partial charge in [-0.2, -0.15) is 4.98 Å². The number of nitrogens with one attached hydrogen (secondary N) is 2. The number of aryl methyl sites for hydroxylation is 1. The smallest absolute Gasteiger partial charge is 0.226 e. The average molecular weight is 430 g/mol. The minimum Gasteiger partial charge on any atom is -0.493 e. The van der Waals surface area contributed by atoms with Gasteiger partial charge in [0.05, 0.1) is 13.2 Å². The number of hydrogen-bond acceptors (Lipinski definition) is 6. The molecular formula is C23H35N5O3. The number of para-hydroxylation sites is 1. The molecule has 1 heterocycles. The zero-order valence-corrected chi connectivity index (χ0v) is 19.1. The SMILES string of the molecule is CN=C(NCCCc1nc(C(C)C)no1)NCc1cccc(OC)c1OC1CCCC1. The predicted molar refractivity (Wildman–Crippen MR) is 121 cm³/mol. The summed E-state index contributed by atoms with van der Waals surface area (Å²) >= 11 is 0. The Morgan fingerprint density at radius 1 is 1.26 bits per heavy atom. The lowest BCUT2D eigenvalue weighted by Gasteiger charge is -2.20. The van der Waals surface area contributed by atoms with Crippen LogP contribution in [0.3, 0.4) is 0 Å². The van der Waals surface area contributed by atoms with Crippen LogP contribution in [0.25, 0.3) is 0 Å². The van der Waals surface area contributed by atoms with E-state index in [0.717, 1.165) is 61.1 Å². The highest BCUT2D eigenvalue weighted by Crippen LogP contribution is 2.34. The molecule has 0 aliphatic heterocycles. The van der Waals surface area contributed by atoms with Crippen LogP contribution in [-0.2, 0) is 13.0 Å². The minimum atomic E-state index is 0.272. The topological polar surface area (TPSA) is 93.8 Å². The molecule has 1 fully saturated rings. The van der Waals surface area contributed by atoms with Gasteiger partial charge >= 0.3 is 0 Å². The van der Waals surface area contributed by atoms with Crippen molar-refractivity contribution in [2.75, 3.05) is 20.7 Å². The Morgan fingerprint density at radius 2 is 2.06 bits per heavy atom. The normalized spacial score (nSPS) is 14.8. The lowest BCUT2D eigenvalue weighted by atomic mass is 10.1. The van der Waals surface area contributed by atoms with E-state index in [4.69, 9.17) is 14.0 Å². The second kappa shape index (κ2) is 11.6. The van der Waals surface area contributed by atoms with Crippen LogP contribution >= 0.6 is 0 Å². The van der Waals surface area contributed by atoms with Crippen LogP contribution in [0.2, 0.25) is 0 Å². The van der Waals surface area contributed by atoms with Crippen LogP contribution in [0, 0.1) is 0 Å². The number of aromatic nitrogens is 2. The summed E-state index contributed by atoms with van der Waals surface area (Å²) in [5, 5.41) is 10.7. The molecule has 2 N–H and O–H groups in total. The molecule has 31 heavy (non-hydrogen) atoms. The third-order valence-corrected chi connectivity index (χ3v) is 5.40. The average Bonchev–Trinajstić information content (AvgIpc) is 3.46. The standard InChI is InChI=1S/C23H35N5O3/c1-16(2)22-27-20(31-28-22)13-8-14-25-23(24-3)26-15-17-9-7-12-19(29-4)21(17)30-18-10-5-6-11-18/h7,9,12,16,18H,5-6,8,10-11,13-15H2,1-4H3,(H2,24,25,26).